The lowest BCUT2D eigenvalue weighted by atomic mass is 9.89. The number of nitrogens with two attached hydrogens (primary N) is 1. The predicted octanol–water partition coefficient (Wildman–Crippen LogP) is 3.46. The fourth-order valence-corrected chi connectivity index (χ4v) is 3.87. The summed E-state index contributed by atoms with van der Waals surface area (Å²) in [5.74, 6) is 1.85. The van der Waals surface area contributed by atoms with Crippen molar-refractivity contribution in [3.8, 4) is 5.75 Å². The molecule has 2 aromatic carbocycles. The standard InChI is InChI=1S/C22H28N2O2/c1-3-26-22-10-9-18(16(2)25)11-19(22)13-24-14-20(12-23)21(15-24)17-7-5-4-6-8-17/h4-11,20-21H,3,12-15,23H2,1-2H3/t20-,21+/m1/s1. The maximum Gasteiger partial charge on any atom is 0.159 e. The van der Waals surface area contributed by atoms with Crippen LogP contribution in [0.2, 0.25) is 0 Å². The highest BCUT2D eigenvalue weighted by atomic mass is 16.5. The second-order valence-electron chi connectivity index (χ2n) is 7.02. The lowest BCUT2D eigenvalue weighted by molar-refractivity contribution is 0.101. The van der Waals surface area contributed by atoms with Crippen LogP contribution in [0.4, 0.5) is 0 Å². The Balaban J connectivity index is 1.80. The number of likely N-dealkylation sites (tertiary alicyclic amines) is 1. The van der Waals surface area contributed by atoms with Gasteiger partial charge in [-0.25, -0.2) is 0 Å². The van der Waals surface area contributed by atoms with Gasteiger partial charge < -0.3 is 10.5 Å². The third kappa shape index (κ3) is 4.14. The number of nitrogens with zero attached hydrogens (tertiary/aromatic N) is 1. The number of carbonyl (C=O) groups excluding carboxylic acids is 1. The number of hydrogen-bond donors (Lipinski definition) is 1. The van der Waals surface area contributed by atoms with E-state index in [1.807, 2.05) is 25.1 Å². The van der Waals surface area contributed by atoms with Crippen molar-refractivity contribution < 1.29 is 9.53 Å². The van der Waals surface area contributed by atoms with Crippen LogP contribution < -0.4 is 10.5 Å². The van der Waals surface area contributed by atoms with Crippen LogP contribution in [0.1, 0.15) is 41.3 Å². The highest BCUT2D eigenvalue weighted by Gasteiger charge is 2.33. The molecular formula is C22H28N2O2. The van der Waals surface area contributed by atoms with Crippen molar-refractivity contribution in [3.63, 3.8) is 0 Å². The Morgan fingerprint density at radius 2 is 1.96 bits per heavy atom. The molecule has 0 aliphatic carbocycles. The van der Waals surface area contributed by atoms with Crippen LogP contribution >= 0.6 is 0 Å². The van der Waals surface area contributed by atoms with Gasteiger partial charge in [0.1, 0.15) is 5.75 Å². The molecule has 0 saturated carbocycles. The zero-order valence-electron chi connectivity index (χ0n) is 15.7. The normalized spacial score (nSPS) is 20.3. The van der Waals surface area contributed by atoms with Crippen LogP contribution in [0.15, 0.2) is 48.5 Å². The zero-order valence-corrected chi connectivity index (χ0v) is 15.7. The second-order valence-corrected chi connectivity index (χ2v) is 7.02. The lowest BCUT2D eigenvalue weighted by Gasteiger charge is -2.19. The molecule has 1 heterocycles. The van der Waals surface area contributed by atoms with Crippen molar-refractivity contribution >= 4 is 5.78 Å². The molecule has 0 unspecified atom stereocenters. The van der Waals surface area contributed by atoms with E-state index in [9.17, 15) is 4.79 Å². The van der Waals surface area contributed by atoms with Gasteiger partial charge in [-0.1, -0.05) is 30.3 Å². The summed E-state index contributed by atoms with van der Waals surface area (Å²) in [5.41, 5.74) is 9.22. The minimum Gasteiger partial charge on any atom is -0.494 e. The Bertz CT molecular complexity index is 745. The largest absolute Gasteiger partial charge is 0.494 e. The first-order valence-corrected chi connectivity index (χ1v) is 9.36. The molecule has 2 atom stereocenters. The summed E-state index contributed by atoms with van der Waals surface area (Å²) >= 11 is 0. The van der Waals surface area contributed by atoms with Crippen LogP contribution in [-0.2, 0) is 6.54 Å². The van der Waals surface area contributed by atoms with Crippen LogP contribution in [0.5, 0.6) is 5.75 Å². The van der Waals surface area contributed by atoms with Crippen molar-refractivity contribution in [3.05, 3.63) is 65.2 Å². The van der Waals surface area contributed by atoms with E-state index >= 15 is 0 Å². The van der Waals surface area contributed by atoms with Crippen LogP contribution in [-0.4, -0.2) is 36.9 Å². The number of rotatable bonds is 7. The molecule has 0 aromatic heterocycles. The van der Waals surface area contributed by atoms with Gasteiger partial charge >= 0.3 is 0 Å². The van der Waals surface area contributed by atoms with Crippen LogP contribution in [0, 0.1) is 5.92 Å². The van der Waals surface area contributed by atoms with E-state index in [0.717, 1.165) is 36.5 Å². The summed E-state index contributed by atoms with van der Waals surface area (Å²) in [5, 5.41) is 0. The van der Waals surface area contributed by atoms with Crippen LogP contribution in [0.25, 0.3) is 0 Å². The monoisotopic (exact) mass is 352 g/mol. The summed E-state index contributed by atoms with van der Waals surface area (Å²) in [6, 6.07) is 16.4. The second kappa shape index (κ2) is 8.47. The molecule has 26 heavy (non-hydrogen) atoms. The van der Waals surface area contributed by atoms with Gasteiger partial charge in [-0.15, -0.1) is 0 Å². The van der Waals surface area contributed by atoms with Gasteiger partial charge in [0.15, 0.2) is 5.78 Å². The minimum atomic E-state index is 0.0812. The lowest BCUT2D eigenvalue weighted by Crippen LogP contribution is -2.23. The van der Waals surface area contributed by atoms with Gasteiger partial charge in [0.2, 0.25) is 0 Å². The van der Waals surface area contributed by atoms with Gasteiger partial charge in [0.05, 0.1) is 6.61 Å². The molecule has 1 fully saturated rings. The Morgan fingerprint density at radius 1 is 1.19 bits per heavy atom. The van der Waals surface area contributed by atoms with E-state index in [-0.39, 0.29) is 5.78 Å². The van der Waals surface area contributed by atoms with Crippen molar-refractivity contribution in [2.75, 3.05) is 26.2 Å². The summed E-state index contributed by atoms with van der Waals surface area (Å²) in [6.45, 7) is 7.59. The Labute approximate surface area is 156 Å². The van der Waals surface area contributed by atoms with Crippen LogP contribution in [0.3, 0.4) is 0 Å². The number of Topliss-reactive ketones (excluding diaryl/α,β-unsaturated/α-hetero) is 1. The molecule has 138 valence electrons. The van der Waals surface area contributed by atoms with Crippen molar-refractivity contribution in [1.29, 1.82) is 0 Å². The molecule has 2 N–H and O–H groups in total. The quantitative estimate of drug-likeness (QED) is 0.776. The molecule has 0 spiro atoms. The van der Waals surface area contributed by atoms with Crippen molar-refractivity contribution in [2.24, 2.45) is 11.7 Å². The third-order valence-corrected chi connectivity index (χ3v) is 5.21. The maximum atomic E-state index is 11.8. The Morgan fingerprint density at radius 3 is 2.62 bits per heavy atom. The fourth-order valence-electron chi connectivity index (χ4n) is 3.87. The minimum absolute atomic E-state index is 0.0812. The summed E-state index contributed by atoms with van der Waals surface area (Å²) in [6.07, 6.45) is 0. The molecule has 2 aromatic rings. The van der Waals surface area contributed by atoms with E-state index in [1.54, 1.807) is 6.92 Å². The molecule has 1 aliphatic rings. The summed E-state index contributed by atoms with van der Waals surface area (Å²) in [7, 11) is 0. The number of ketones is 1. The van der Waals surface area contributed by atoms with Gasteiger partial charge in [-0.05, 0) is 50.1 Å². The maximum absolute atomic E-state index is 11.8. The van der Waals surface area contributed by atoms with E-state index in [0.29, 0.717) is 25.0 Å². The SMILES string of the molecule is CCOc1ccc(C(C)=O)cc1CN1C[C@@H](CN)[C@H](c2ccccc2)C1. The number of carbonyl (C=O) groups is 1. The first-order valence-electron chi connectivity index (χ1n) is 9.36. The molecule has 3 rings (SSSR count). The van der Waals surface area contributed by atoms with Crippen molar-refractivity contribution in [1.82, 2.24) is 4.90 Å². The smallest absolute Gasteiger partial charge is 0.159 e. The third-order valence-electron chi connectivity index (χ3n) is 5.21. The molecule has 0 amide bonds. The summed E-state index contributed by atoms with van der Waals surface area (Å²) < 4.78 is 5.78. The van der Waals surface area contributed by atoms with E-state index in [1.165, 1.54) is 5.56 Å². The molecule has 0 radical (unpaired) electrons. The van der Waals surface area contributed by atoms with Gasteiger partial charge in [-0.3, -0.25) is 9.69 Å². The highest BCUT2D eigenvalue weighted by molar-refractivity contribution is 5.94. The molecule has 1 aliphatic heterocycles. The number of benzene rings is 2. The Kier molecular flexibility index (Phi) is 6.07. The van der Waals surface area contributed by atoms with Gasteiger partial charge in [0.25, 0.3) is 0 Å². The molecule has 4 heteroatoms. The highest BCUT2D eigenvalue weighted by Crippen LogP contribution is 2.34. The summed E-state index contributed by atoms with van der Waals surface area (Å²) in [4.78, 5) is 14.2. The van der Waals surface area contributed by atoms with E-state index < -0.39 is 0 Å². The van der Waals surface area contributed by atoms with Gasteiger partial charge in [-0.2, -0.15) is 0 Å². The number of hydrogen-bond acceptors (Lipinski definition) is 4. The number of ether oxygens (including phenoxy) is 1. The van der Waals surface area contributed by atoms with Crippen molar-refractivity contribution in [2.45, 2.75) is 26.3 Å². The molecule has 0 bridgehead atoms. The van der Waals surface area contributed by atoms with Gasteiger partial charge in [0, 0.05) is 36.7 Å². The molecular weight excluding hydrogens is 324 g/mol. The molecule has 4 nitrogen and oxygen atoms in total. The first kappa shape index (κ1) is 18.6. The predicted molar refractivity (Wildman–Crippen MR) is 105 cm³/mol. The zero-order chi connectivity index (χ0) is 18.5. The average molecular weight is 352 g/mol. The van der Waals surface area contributed by atoms with E-state index in [2.05, 4.69) is 35.2 Å². The Hall–Kier alpha value is -2.17. The molecule has 1 saturated heterocycles. The first-order chi connectivity index (χ1) is 12.6. The average Bonchev–Trinajstić information content (AvgIpc) is 3.07. The topological polar surface area (TPSA) is 55.6 Å². The van der Waals surface area contributed by atoms with E-state index in [4.69, 9.17) is 10.5 Å². The fraction of sp³-hybridized carbons (Fsp3) is 0.409.